The number of aromatic nitrogens is 5. The zero-order valence-electron chi connectivity index (χ0n) is 15.1. The van der Waals surface area contributed by atoms with Crippen LogP contribution in [0.1, 0.15) is 30.8 Å². The maximum Gasteiger partial charge on any atom is 0.213 e. The molecular weight excluding hydrogens is 348 g/mol. The lowest BCUT2D eigenvalue weighted by Crippen LogP contribution is -2.01. The molecule has 3 aromatic rings. The third-order valence-electron chi connectivity index (χ3n) is 3.56. The van der Waals surface area contributed by atoms with Gasteiger partial charge in [-0.1, -0.05) is 22.5 Å². The Morgan fingerprint density at radius 1 is 1.07 bits per heavy atom. The van der Waals surface area contributed by atoms with Gasteiger partial charge < -0.3 is 14.3 Å². The third-order valence-corrected chi connectivity index (χ3v) is 3.56. The Morgan fingerprint density at radius 3 is 2.59 bits per heavy atom. The first-order chi connectivity index (χ1) is 13.2. The van der Waals surface area contributed by atoms with E-state index in [-0.39, 0.29) is 6.61 Å². The number of hydrogen-bond donors (Lipinski definition) is 1. The molecule has 0 unspecified atom stereocenters. The van der Waals surface area contributed by atoms with Crippen LogP contribution in [0.15, 0.2) is 47.8 Å². The summed E-state index contributed by atoms with van der Waals surface area (Å²) < 4.78 is 10.9. The number of rotatable bonds is 9. The van der Waals surface area contributed by atoms with E-state index in [0.717, 1.165) is 22.6 Å². The molecule has 0 bridgehead atoms. The number of ether oxygens (including phenoxy) is 2. The Hall–Kier alpha value is -3.49. The van der Waals surface area contributed by atoms with Gasteiger partial charge in [-0.05, 0) is 37.6 Å². The zero-order valence-corrected chi connectivity index (χ0v) is 15.1. The SMILES string of the molecule is CCOc1ccc(CO/N=C(\C)c2ccc(OCc3nn[nH]n3)nc2)cc1. The van der Waals surface area contributed by atoms with E-state index >= 15 is 0 Å². The van der Waals surface area contributed by atoms with E-state index in [0.29, 0.717) is 24.9 Å². The Labute approximate surface area is 156 Å². The molecule has 3 rings (SSSR count). The molecule has 0 amide bonds. The summed E-state index contributed by atoms with van der Waals surface area (Å²) in [4.78, 5) is 9.66. The van der Waals surface area contributed by atoms with Crippen LogP contribution >= 0.6 is 0 Å². The van der Waals surface area contributed by atoms with Gasteiger partial charge in [0.15, 0.2) is 6.61 Å². The Balaban J connectivity index is 1.49. The number of tetrazole rings is 1. The molecule has 2 aromatic heterocycles. The number of nitrogens with one attached hydrogen (secondary N) is 1. The van der Waals surface area contributed by atoms with Crippen LogP contribution in [0.2, 0.25) is 0 Å². The van der Waals surface area contributed by atoms with Crippen molar-refractivity contribution >= 4 is 5.71 Å². The number of nitrogens with zero attached hydrogens (tertiary/aromatic N) is 5. The van der Waals surface area contributed by atoms with Crippen LogP contribution in [0.25, 0.3) is 0 Å². The number of hydrogen-bond acceptors (Lipinski definition) is 8. The second-order valence-electron chi connectivity index (χ2n) is 5.53. The molecule has 0 atom stereocenters. The molecule has 2 heterocycles. The Bertz CT molecular complexity index is 848. The predicted molar refractivity (Wildman–Crippen MR) is 97.4 cm³/mol. The van der Waals surface area contributed by atoms with Crippen molar-refractivity contribution in [2.75, 3.05) is 6.61 Å². The molecule has 0 aliphatic heterocycles. The predicted octanol–water partition coefficient (Wildman–Crippen LogP) is 2.51. The summed E-state index contributed by atoms with van der Waals surface area (Å²) in [5.74, 6) is 1.77. The fourth-order valence-corrected chi connectivity index (χ4v) is 2.17. The van der Waals surface area contributed by atoms with Gasteiger partial charge in [0.1, 0.15) is 12.4 Å². The van der Waals surface area contributed by atoms with E-state index in [1.165, 1.54) is 0 Å². The lowest BCUT2D eigenvalue weighted by molar-refractivity contribution is 0.130. The van der Waals surface area contributed by atoms with Crippen LogP contribution < -0.4 is 9.47 Å². The topological polar surface area (TPSA) is 107 Å². The van der Waals surface area contributed by atoms with Crippen molar-refractivity contribution in [1.29, 1.82) is 0 Å². The maximum atomic E-state index is 5.47. The monoisotopic (exact) mass is 368 g/mol. The second kappa shape index (κ2) is 9.27. The molecule has 1 N–H and O–H groups in total. The van der Waals surface area contributed by atoms with Crippen molar-refractivity contribution in [3.05, 3.63) is 59.5 Å². The lowest BCUT2D eigenvalue weighted by Gasteiger charge is -2.06. The van der Waals surface area contributed by atoms with E-state index in [2.05, 4.69) is 30.8 Å². The molecule has 9 nitrogen and oxygen atoms in total. The van der Waals surface area contributed by atoms with Gasteiger partial charge >= 0.3 is 0 Å². The number of aromatic amines is 1. The Kier molecular flexibility index (Phi) is 6.29. The van der Waals surface area contributed by atoms with Gasteiger partial charge in [-0.15, -0.1) is 10.2 Å². The highest BCUT2D eigenvalue weighted by Crippen LogP contribution is 2.13. The molecule has 1 aromatic carbocycles. The quantitative estimate of drug-likeness (QED) is 0.457. The number of pyridine rings is 1. The third kappa shape index (κ3) is 5.50. The summed E-state index contributed by atoms with van der Waals surface area (Å²) >= 11 is 0. The molecule has 0 fully saturated rings. The molecule has 0 aliphatic carbocycles. The minimum absolute atomic E-state index is 0.196. The summed E-state index contributed by atoms with van der Waals surface area (Å²) in [6, 6.07) is 11.3. The van der Waals surface area contributed by atoms with Crippen molar-refractivity contribution in [1.82, 2.24) is 25.6 Å². The lowest BCUT2D eigenvalue weighted by atomic mass is 10.2. The number of H-pyrrole nitrogens is 1. The van der Waals surface area contributed by atoms with Crippen molar-refractivity contribution in [3.8, 4) is 11.6 Å². The second-order valence-corrected chi connectivity index (χ2v) is 5.53. The highest BCUT2D eigenvalue weighted by molar-refractivity contribution is 5.98. The van der Waals surface area contributed by atoms with Gasteiger partial charge in [0.05, 0.1) is 12.3 Å². The number of benzene rings is 1. The van der Waals surface area contributed by atoms with Gasteiger partial charge in [-0.25, -0.2) is 4.98 Å². The number of oxime groups is 1. The molecule has 0 saturated carbocycles. The van der Waals surface area contributed by atoms with E-state index in [1.54, 1.807) is 12.3 Å². The van der Waals surface area contributed by atoms with Gasteiger partial charge in [-0.3, -0.25) is 0 Å². The van der Waals surface area contributed by atoms with E-state index in [4.69, 9.17) is 14.3 Å². The van der Waals surface area contributed by atoms with Crippen LogP contribution in [0, 0.1) is 0 Å². The van der Waals surface area contributed by atoms with Gasteiger partial charge in [0.2, 0.25) is 11.7 Å². The largest absolute Gasteiger partial charge is 0.494 e. The van der Waals surface area contributed by atoms with E-state index < -0.39 is 0 Å². The van der Waals surface area contributed by atoms with Crippen LogP contribution in [-0.4, -0.2) is 37.9 Å². The van der Waals surface area contributed by atoms with Crippen molar-refractivity contribution in [2.45, 2.75) is 27.1 Å². The van der Waals surface area contributed by atoms with Crippen LogP contribution in [0.5, 0.6) is 11.6 Å². The molecule has 27 heavy (non-hydrogen) atoms. The minimum atomic E-state index is 0.196. The summed E-state index contributed by atoms with van der Waals surface area (Å²) in [5.41, 5.74) is 2.57. The van der Waals surface area contributed by atoms with Crippen LogP contribution in [-0.2, 0) is 18.1 Å². The van der Waals surface area contributed by atoms with E-state index in [9.17, 15) is 0 Å². The summed E-state index contributed by atoms with van der Waals surface area (Å²) in [7, 11) is 0. The van der Waals surface area contributed by atoms with Gasteiger partial charge in [0.25, 0.3) is 0 Å². The standard InChI is InChI=1S/C18H20N6O3/c1-3-25-16-7-4-14(5-8-16)11-27-22-13(2)15-6-9-18(19-10-15)26-12-17-20-23-24-21-17/h4-10H,3,11-12H2,1-2H3,(H,20,21,23,24)/b22-13+. The molecule has 0 spiro atoms. The highest BCUT2D eigenvalue weighted by Gasteiger charge is 2.04. The molecule has 140 valence electrons. The average molecular weight is 368 g/mol. The van der Waals surface area contributed by atoms with Crippen LogP contribution in [0.3, 0.4) is 0 Å². The fraction of sp³-hybridized carbons (Fsp3) is 0.278. The van der Waals surface area contributed by atoms with Crippen molar-refractivity contribution in [3.63, 3.8) is 0 Å². The highest BCUT2D eigenvalue weighted by atomic mass is 16.6. The molecular formula is C18H20N6O3. The average Bonchev–Trinajstić information content (AvgIpc) is 3.22. The molecule has 9 heteroatoms. The minimum Gasteiger partial charge on any atom is -0.494 e. The Morgan fingerprint density at radius 2 is 1.93 bits per heavy atom. The van der Waals surface area contributed by atoms with Crippen LogP contribution in [0.4, 0.5) is 0 Å². The fourth-order valence-electron chi connectivity index (χ4n) is 2.17. The summed E-state index contributed by atoms with van der Waals surface area (Å²) in [6.45, 7) is 5.03. The first kappa shape index (κ1) is 18.3. The maximum absolute atomic E-state index is 5.47. The first-order valence-corrected chi connectivity index (χ1v) is 8.44. The smallest absolute Gasteiger partial charge is 0.213 e. The van der Waals surface area contributed by atoms with Gasteiger partial charge in [0, 0.05) is 17.8 Å². The van der Waals surface area contributed by atoms with E-state index in [1.807, 2.05) is 44.2 Å². The summed E-state index contributed by atoms with van der Waals surface area (Å²) in [6.07, 6.45) is 1.67. The molecule has 0 aliphatic rings. The molecule has 0 saturated heterocycles. The van der Waals surface area contributed by atoms with Gasteiger partial charge in [-0.2, -0.15) is 5.21 Å². The summed E-state index contributed by atoms with van der Waals surface area (Å²) in [5, 5.41) is 17.6. The van der Waals surface area contributed by atoms with Crippen molar-refractivity contribution in [2.24, 2.45) is 5.16 Å². The molecule has 0 radical (unpaired) electrons. The first-order valence-electron chi connectivity index (χ1n) is 8.44. The normalized spacial score (nSPS) is 11.3. The van der Waals surface area contributed by atoms with Crippen molar-refractivity contribution < 1.29 is 14.3 Å². The zero-order chi connectivity index (χ0) is 18.9.